The fourth-order valence-corrected chi connectivity index (χ4v) is 3.28. The van der Waals surface area contributed by atoms with E-state index in [2.05, 4.69) is 10.3 Å². The van der Waals surface area contributed by atoms with Gasteiger partial charge in [0, 0.05) is 25.3 Å². The molecule has 1 N–H and O–H groups in total. The van der Waals surface area contributed by atoms with Crippen LogP contribution in [-0.4, -0.2) is 55.6 Å². The Morgan fingerprint density at radius 1 is 1.45 bits per heavy atom. The van der Waals surface area contributed by atoms with Crippen LogP contribution >= 0.6 is 0 Å². The van der Waals surface area contributed by atoms with Crippen LogP contribution in [0.1, 0.15) is 30.1 Å². The molecule has 122 valence electrons. The smallest absolute Gasteiger partial charge is 0.256 e. The van der Waals surface area contributed by atoms with Crippen LogP contribution in [0.4, 0.5) is 0 Å². The average molecular weight is 327 g/mol. The minimum Gasteiger partial charge on any atom is -0.477 e. The minimum absolute atomic E-state index is 0.0415. The molecule has 1 aromatic heterocycles. The second-order valence-corrected chi connectivity index (χ2v) is 7.18. The fraction of sp³-hybridized carbons (Fsp3) is 0.571. The monoisotopic (exact) mass is 327 g/mol. The number of amides is 1. The van der Waals surface area contributed by atoms with Crippen molar-refractivity contribution in [3.05, 3.63) is 23.9 Å². The van der Waals surface area contributed by atoms with E-state index in [0.29, 0.717) is 44.0 Å². The van der Waals surface area contributed by atoms with E-state index in [1.165, 1.54) is 10.6 Å². The van der Waals surface area contributed by atoms with Crippen molar-refractivity contribution in [2.24, 2.45) is 0 Å². The van der Waals surface area contributed by atoms with Crippen LogP contribution in [-0.2, 0) is 10.0 Å². The van der Waals surface area contributed by atoms with Crippen molar-refractivity contribution in [3.8, 4) is 5.88 Å². The number of hydrogen-bond acceptors (Lipinski definition) is 5. The maximum absolute atomic E-state index is 12.3. The maximum atomic E-state index is 12.3. The molecule has 1 aliphatic rings. The number of ether oxygens (including phenoxy) is 1. The van der Waals surface area contributed by atoms with Gasteiger partial charge in [0.15, 0.2) is 0 Å². The van der Waals surface area contributed by atoms with Crippen LogP contribution in [0.2, 0.25) is 0 Å². The summed E-state index contributed by atoms with van der Waals surface area (Å²) in [5, 5.41) is 2.93. The number of sulfonamides is 1. The van der Waals surface area contributed by atoms with Gasteiger partial charge in [0.1, 0.15) is 5.56 Å². The predicted molar refractivity (Wildman–Crippen MR) is 82.3 cm³/mol. The highest BCUT2D eigenvalue weighted by molar-refractivity contribution is 7.88. The quantitative estimate of drug-likeness (QED) is 0.857. The second-order valence-electron chi connectivity index (χ2n) is 5.20. The van der Waals surface area contributed by atoms with E-state index in [0.717, 1.165) is 0 Å². The lowest BCUT2D eigenvalue weighted by atomic mass is 10.1. The first-order chi connectivity index (χ1) is 10.4. The van der Waals surface area contributed by atoms with Crippen molar-refractivity contribution in [2.45, 2.75) is 25.8 Å². The molecule has 0 spiro atoms. The van der Waals surface area contributed by atoms with Gasteiger partial charge < -0.3 is 10.1 Å². The largest absolute Gasteiger partial charge is 0.477 e. The number of hydrogen-bond donors (Lipinski definition) is 1. The van der Waals surface area contributed by atoms with Crippen LogP contribution in [0.3, 0.4) is 0 Å². The van der Waals surface area contributed by atoms with Crippen molar-refractivity contribution in [1.29, 1.82) is 0 Å². The zero-order valence-corrected chi connectivity index (χ0v) is 13.6. The molecule has 0 aliphatic carbocycles. The number of aromatic nitrogens is 1. The number of nitrogens with one attached hydrogen (secondary N) is 1. The molecule has 8 heteroatoms. The maximum Gasteiger partial charge on any atom is 0.256 e. The topological polar surface area (TPSA) is 88.6 Å². The molecule has 0 atom stereocenters. The lowest BCUT2D eigenvalue weighted by Gasteiger charge is -2.30. The van der Waals surface area contributed by atoms with Crippen LogP contribution in [0, 0.1) is 0 Å². The van der Waals surface area contributed by atoms with Crippen molar-refractivity contribution in [3.63, 3.8) is 0 Å². The highest BCUT2D eigenvalue weighted by Crippen LogP contribution is 2.17. The number of carbonyl (C=O) groups is 1. The lowest BCUT2D eigenvalue weighted by molar-refractivity contribution is 0.0919. The van der Waals surface area contributed by atoms with Gasteiger partial charge >= 0.3 is 0 Å². The van der Waals surface area contributed by atoms with Gasteiger partial charge in [-0.3, -0.25) is 4.79 Å². The Balaban J connectivity index is 1.97. The summed E-state index contributed by atoms with van der Waals surface area (Å²) in [5.41, 5.74) is 0.398. The highest BCUT2D eigenvalue weighted by Gasteiger charge is 2.26. The second kappa shape index (κ2) is 7.06. The molecule has 1 saturated heterocycles. The first-order valence-corrected chi connectivity index (χ1v) is 9.10. The zero-order chi connectivity index (χ0) is 16.2. The molecular formula is C14H21N3O4S. The minimum atomic E-state index is -3.15. The van der Waals surface area contributed by atoms with Gasteiger partial charge in [0.05, 0.1) is 12.9 Å². The van der Waals surface area contributed by atoms with Crippen molar-refractivity contribution >= 4 is 15.9 Å². The Hall–Kier alpha value is -1.67. The van der Waals surface area contributed by atoms with E-state index in [9.17, 15) is 13.2 Å². The molecule has 0 aromatic carbocycles. The van der Waals surface area contributed by atoms with E-state index in [1.807, 2.05) is 6.92 Å². The fourth-order valence-electron chi connectivity index (χ4n) is 2.41. The van der Waals surface area contributed by atoms with E-state index in [1.54, 1.807) is 18.3 Å². The van der Waals surface area contributed by atoms with Gasteiger partial charge in [-0.1, -0.05) is 0 Å². The van der Waals surface area contributed by atoms with Gasteiger partial charge in [-0.25, -0.2) is 17.7 Å². The molecule has 0 saturated carbocycles. The van der Waals surface area contributed by atoms with Crippen molar-refractivity contribution in [2.75, 3.05) is 26.0 Å². The van der Waals surface area contributed by atoms with Crippen LogP contribution in [0.25, 0.3) is 0 Å². The summed E-state index contributed by atoms with van der Waals surface area (Å²) in [6.07, 6.45) is 3.98. The number of carbonyl (C=O) groups excluding carboxylic acids is 1. The standard InChI is InChI=1S/C14H21N3O4S/c1-3-21-14-12(5-4-8-15-14)13(18)16-11-6-9-17(10-7-11)22(2,19)20/h4-5,8,11H,3,6-7,9-10H2,1-2H3,(H,16,18). The molecule has 1 fully saturated rings. The highest BCUT2D eigenvalue weighted by atomic mass is 32.2. The van der Waals surface area contributed by atoms with Gasteiger partial charge in [0.2, 0.25) is 15.9 Å². The summed E-state index contributed by atoms with van der Waals surface area (Å²) in [7, 11) is -3.15. The third kappa shape index (κ3) is 4.17. The number of nitrogens with zero attached hydrogens (tertiary/aromatic N) is 2. The van der Waals surface area contributed by atoms with E-state index >= 15 is 0 Å². The lowest BCUT2D eigenvalue weighted by Crippen LogP contribution is -2.46. The summed E-state index contributed by atoms with van der Waals surface area (Å²) < 4.78 is 29.7. The predicted octanol–water partition coefficient (Wildman–Crippen LogP) is 0.634. The average Bonchev–Trinajstić information content (AvgIpc) is 2.47. The van der Waals surface area contributed by atoms with Crippen molar-refractivity contribution in [1.82, 2.24) is 14.6 Å². The summed E-state index contributed by atoms with van der Waals surface area (Å²) in [6.45, 7) is 3.12. The van der Waals surface area contributed by atoms with Crippen LogP contribution in [0.5, 0.6) is 5.88 Å². The third-order valence-electron chi connectivity index (χ3n) is 3.55. The van der Waals surface area contributed by atoms with Gasteiger partial charge in [-0.15, -0.1) is 0 Å². The normalized spacial score (nSPS) is 17.2. The molecular weight excluding hydrogens is 306 g/mol. The number of rotatable bonds is 5. The zero-order valence-electron chi connectivity index (χ0n) is 12.8. The molecule has 0 unspecified atom stereocenters. The van der Waals surface area contributed by atoms with Crippen molar-refractivity contribution < 1.29 is 17.9 Å². The molecule has 0 radical (unpaired) electrons. The number of pyridine rings is 1. The Morgan fingerprint density at radius 3 is 2.73 bits per heavy atom. The summed E-state index contributed by atoms with van der Waals surface area (Å²) in [4.78, 5) is 16.4. The molecule has 2 heterocycles. The molecule has 22 heavy (non-hydrogen) atoms. The third-order valence-corrected chi connectivity index (χ3v) is 4.86. The van der Waals surface area contributed by atoms with Gasteiger partial charge in [-0.2, -0.15) is 0 Å². The van der Waals surface area contributed by atoms with Gasteiger partial charge in [-0.05, 0) is 31.9 Å². The summed E-state index contributed by atoms with van der Waals surface area (Å²) in [6, 6.07) is 3.31. The van der Waals surface area contributed by atoms with E-state index in [-0.39, 0.29) is 11.9 Å². The molecule has 1 aromatic rings. The Morgan fingerprint density at radius 2 is 2.14 bits per heavy atom. The molecule has 1 amide bonds. The molecule has 0 bridgehead atoms. The molecule has 1 aliphatic heterocycles. The molecule has 7 nitrogen and oxygen atoms in total. The number of piperidine rings is 1. The summed E-state index contributed by atoms with van der Waals surface area (Å²) >= 11 is 0. The Kier molecular flexibility index (Phi) is 5.36. The van der Waals surface area contributed by atoms with Crippen LogP contribution < -0.4 is 10.1 Å². The SMILES string of the molecule is CCOc1ncccc1C(=O)NC1CCN(S(C)(=O)=O)CC1. The van der Waals surface area contributed by atoms with Crippen LogP contribution in [0.15, 0.2) is 18.3 Å². The molecule has 2 rings (SSSR count). The Labute approximate surface area is 130 Å². The van der Waals surface area contributed by atoms with Gasteiger partial charge in [0.25, 0.3) is 5.91 Å². The summed E-state index contributed by atoms with van der Waals surface area (Å²) in [5.74, 6) is 0.0745. The van der Waals surface area contributed by atoms with E-state index < -0.39 is 10.0 Å². The Bertz CT molecular complexity index is 625. The first kappa shape index (κ1) is 16.7. The van der Waals surface area contributed by atoms with E-state index in [4.69, 9.17) is 4.74 Å². The first-order valence-electron chi connectivity index (χ1n) is 7.25.